The molecule has 2 aliphatic heterocycles. The molecule has 1 saturated heterocycles. The smallest absolute Gasteiger partial charge is 0.261 e. The van der Waals surface area contributed by atoms with E-state index in [0.29, 0.717) is 17.5 Å². The fourth-order valence-corrected chi connectivity index (χ4v) is 5.86. The maximum Gasteiger partial charge on any atom is 0.261 e. The number of pyridine rings is 1. The Morgan fingerprint density at radius 3 is 2.10 bits per heavy atom. The SMILES string of the molecule is O=C1c2ccccc2C(=O)N1Cc1ccc([C@@H]2O[C@H](CSc3ccccn3)C[C@H](c3ccc(CO)cc3)O2)cc1. The lowest BCUT2D eigenvalue weighted by atomic mass is 10.0. The first-order valence-corrected chi connectivity index (χ1v) is 14.2. The van der Waals surface area contributed by atoms with Crippen molar-refractivity contribution < 1.29 is 24.2 Å². The number of imide groups is 1. The minimum Gasteiger partial charge on any atom is -0.392 e. The van der Waals surface area contributed by atoms with Gasteiger partial charge in [-0.15, -0.1) is 11.8 Å². The monoisotopic (exact) mass is 552 g/mol. The Balaban J connectivity index is 1.18. The second-order valence-electron chi connectivity index (χ2n) is 9.81. The third kappa shape index (κ3) is 5.57. The molecule has 1 aromatic heterocycles. The molecule has 3 atom stereocenters. The van der Waals surface area contributed by atoms with Crippen LogP contribution < -0.4 is 0 Å². The lowest BCUT2D eigenvalue weighted by molar-refractivity contribution is -0.245. The number of hydrogen-bond donors (Lipinski definition) is 1. The summed E-state index contributed by atoms with van der Waals surface area (Å²) < 4.78 is 12.8. The number of aliphatic hydroxyl groups is 1. The van der Waals surface area contributed by atoms with Crippen molar-refractivity contribution in [3.8, 4) is 0 Å². The van der Waals surface area contributed by atoms with Gasteiger partial charge in [0.25, 0.3) is 11.8 Å². The van der Waals surface area contributed by atoms with E-state index in [-0.39, 0.29) is 37.2 Å². The molecule has 3 aromatic carbocycles. The van der Waals surface area contributed by atoms with Crippen LogP contribution in [-0.2, 0) is 22.6 Å². The van der Waals surface area contributed by atoms with Crippen LogP contribution in [0.3, 0.4) is 0 Å². The largest absolute Gasteiger partial charge is 0.392 e. The zero-order valence-corrected chi connectivity index (χ0v) is 22.5. The molecule has 1 fully saturated rings. The molecule has 4 aromatic rings. The fourth-order valence-electron chi connectivity index (χ4n) is 4.98. The van der Waals surface area contributed by atoms with E-state index in [1.54, 1.807) is 42.2 Å². The second-order valence-corrected chi connectivity index (χ2v) is 10.9. The standard InChI is InChI=1S/C32H28N2O5S/c35-19-22-10-12-23(13-11-22)28-17-25(20-40-29-7-3-4-16-33-29)38-32(39-28)24-14-8-21(9-15-24)18-34-30(36)26-5-1-2-6-27(26)31(34)37/h1-16,25,28,32,35H,17-20H2/t25-,28+,32+/m0/s1. The summed E-state index contributed by atoms with van der Waals surface area (Å²) in [5.74, 6) is 0.179. The average molecular weight is 553 g/mol. The van der Waals surface area contributed by atoms with E-state index in [4.69, 9.17) is 9.47 Å². The van der Waals surface area contributed by atoms with Crippen LogP contribution in [0.1, 0.15) is 61.8 Å². The molecule has 0 radical (unpaired) electrons. The van der Waals surface area contributed by atoms with Gasteiger partial charge in [-0.3, -0.25) is 14.5 Å². The highest BCUT2D eigenvalue weighted by Gasteiger charge is 2.35. The van der Waals surface area contributed by atoms with Gasteiger partial charge in [-0.05, 0) is 41.0 Å². The molecule has 0 aliphatic carbocycles. The predicted octanol–water partition coefficient (Wildman–Crippen LogP) is 5.71. The van der Waals surface area contributed by atoms with E-state index in [2.05, 4.69) is 4.98 Å². The minimum absolute atomic E-state index is 0.00601. The van der Waals surface area contributed by atoms with Gasteiger partial charge in [-0.2, -0.15) is 0 Å². The maximum absolute atomic E-state index is 12.8. The normalized spacial score (nSPS) is 20.5. The number of aliphatic hydroxyl groups excluding tert-OH is 1. The number of carbonyl (C=O) groups is 2. The molecular formula is C32H28N2O5S. The number of hydrogen-bond acceptors (Lipinski definition) is 7. The summed E-state index contributed by atoms with van der Waals surface area (Å²) in [6, 6.07) is 28.2. The van der Waals surface area contributed by atoms with Crippen molar-refractivity contribution in [2.45, 2.75) is 43.1 Å². The summed E-state index contributed by atoms with van der Waals surface area (Å²) in [6.07, 6.45) is 1.63. The number of ether oxygens (including phenoxy) is 2. The van der Waals surface area contributed by atoms with Gasteiger partial charge in [0.15, 0.2) is 6.29 Å². The molecule has 40 heavy (non-hydrogen) atoms. The van der Waals surface area contributed by atoms with E-state index in [1.807, 2.05) is 66.7 Å². The molecular weight excluding hydrogens is 524 g/mol. The molecule has 202 valence electrons. The molecule has 0 saturated carbocycles. The maximum atomic E-state index is 12.8. The summed E-state index contributed by atoms with van der Waals surface area (Å²) >= 11 is 1.65. The highest BCUT2D eigenvalue weighted by Crippen LogP contribution is 2.39. The molecule has 0 unspecified atom stereocenters. The number of nitrogens with zero attached hydrogens (tertiary/aromatic N) is 2. The van der Waals surface area contributed by atoms with Gasteiger partial charge in [0.1, 0.15) is 0 Å². The first kappa shape index (κ1) is 26.4. The zero-order chi connectivity index (χ0) is 27.5. The highest BCUT2D eigenvalue weighted by atomic mass is 32.2. The van der Waals surface area contributed by atoms with Crippen molar-refractivity contribution in [2.24, 2.45) is 0 Å². The van der Waals surface area contributed by atoms with Crippen LogP contribution in [0.4, 0.5) is 0 Å². The van der Waals surface area contributed by atoms with Crippen molar-refractivity contribution >= 4 is 23.6 Å². The number of rotatable bonds is 8. The third-order valence-electron chi connectivity index (χ3n) is 7.14. The van der Waals surface area contributed by atoms with Crippen LogP contribution in [0.15, 0.2) is 102 Å². The minimum atomic E-state index is -0.584. The van der Waals surface area contributed by atoms with Gasteiger partial charge in [-0.1, -0.05) is 66.7 Å². The first-order chi connectivity index (χ1) is 19.6. The molecule has 6 rings (SSSR count). The first-order valence-electron chi connectivity index (χ1n) is 13.2. The fraction of sp³-hybridized carbons (Fsp3) is 0.219. The van der Waals surface area contributed by atoms with Gasteiger partial charge >= 0.3 is 0 Å². The molecule has 2 amide bonds. The van der Waals surface area contributed by atoms with Gasteiger partial charge in [0.05, 0.1) is 41.5 Å². The number of fused-ring (bicyclic) bond motifs is 1. The summed E-state index contributed by atoms with van der Waals surface area (Å²) in [4.78, 5) is 31.3. The van der Waals surface area contributed by atoms with Gasteiger partial charge < -0.3 is 14.6 Å². The molecule has 3 heterocycles. The Labute approximate surface area is 236 Å². The summed E-state index contributed by atoms with van der Waals surface area (Å²) in [5, 5.41) is 10.4. The molecule has 2 aliphatic rings. The Bertz CT molecular complexity index is 1460. The van der Waals surface area contributed by atoms with Crippen molar-refractivity contribution in [2.75, 3.05) is 5.75 Å². The number of thioether (sulfide) groups is 1. The molecule has 0 spiro atoms. The van der Waals surface area contributed by atoms with Crippen LogP contribution in [0.2, 0.25) is 0 Å². The van der Waals surface area contributed by atoms with E-state index in [9.17, 15) is 14.7 Å². The number of amides is 2. The van der Waals surface area contributed by atoms with Crippen LogP contribution in [0.25, 0.3) is 0 Å². The van der Waals surface area contributed by atoms with Crippen molar-refractivity contribution in [3.63, 3.8) is 0 Å². The van der Waals surface area contributed by atoms with Crippen LogP contribution in [-0.4, -0.2) is 38.7 Å². The van der Waals surface area contributed by atoms with E-state index in [0.717, 1.165) is 33.0 Å². The lowest BCUT2D eigenvalue weighted by Gasteiger charge is -2.36. The second kappa shape index (κ2) is 11.7. The van der Waals surface area contributed by atoms with E-state index in [1.165, 1.54) is 4.90 Å². The van der Waals surface area contributed by atoms with Crippen LogP contribution in [0.5, 0.6) is 0 Å². The van der Waals surface area contributed by atoms with Gasteiger partial charge in [0.2, 0.25) is 0 Å². The van der Waals surface area contributed by atoms with Gasteiger partial charge in [0, 0.05) is 23.9 Å². The molecule has 8 heteroatoms. The summed E-state index contributed by atoms with van der Waals surface area (Å²) in [6.45, 7) is 0.191. The Morgan fingerprint density at radius 2 is 1.45 bits per heavy atom. The quantitative estimate of drug-likeness (QED) is 0.221. The van der Waals surface area contributed by atoms with Crippen molar-refractivity contribution in [1.29, 1.82) is 0 Å². The van der Waals surface area contributed by atoms with Crippen LogP contribution >= 0.6 is 11.8 Å². The topological polar surface area (TPSA) is 89.0 Å². The average Bonchev–Trinajstić information content (AvgIpc) is 3.25. The van der Waals surface area contributed by atoms with E-state index < -0.39 is 6.29 Å². The molecule has 1 N–H and O–H groups in total. The third-order valence-corrected chi connectivity index (χ3v) is 8.22. The Morgan fingerprint density at radius 1 is 0.800 bits per heavy atom. The number of aromatic nitrogens is 1. The zero-order valence-electron chi connectivity index (χ0n) is 21.7. The van der Waals surface area contributed by atoms with Gasteiger partial charge in [-0.25, -0.2) is 4.98 Å². The van der Waals surface area contributed by atoms with E-state index >= 15 is 0 Å². The molecule has 7 nitrogen and oxygen atoms in total. The lowest BCUT2D eigenvalue weighted by Crippen LogP contribution is -2.31. The van der Waals surface area contributed by atoms with Crippen molar-refractivity contribution in [1.82, 2.24) is 9.88 Å². The predicted molar refractivity (Wildman–Crippen MR) is 150 cm³/mol. The highest BCUT2D eigenvalue weighted by molar-refractivity contribution is 7.99. The molecule has 0 bridgehead atoms. The number of carbonyl (C=O) groups excluding carboxylic acids is 2. The Hall–Kier alpha value is -3.82. The van der Waals surface area contributed by atoms with Crippen LogP contribution in [0, 0.1) is 0 Å². The Kier molecular flexibility index (Phi) is 7.75. The number of benzene rings is 3. The summed E-state index contributed by atoms with van der Waals surface area (Å²) in [7, 11) is 0. The summed E-state index contributed by atoms with van der Waals surface area (Å²) in [5.41, 5.74) is 4.47. The van der Waals surface area contributed by atoms with Crippen molar-refractivity contribution in [3.05, 3.63) is 131 Å².